The first-order valence-electron chi connectivity index (χ1n) is 10.2. The van der Waals surface area contributed by atoms with E-state index in [0.29, 0.717) is 36.0 Å². The zero-order chi connectivity index (χ0) is 21.3. The van der Waals surface area contributed by atoms with Crippen LogP contribution in [0.4, 0.5) is 5.69 Å². The standard InChI is InChI=1S/C22H31N3O3S/c1-6-18-11-7-8-12-19(18)23-22(26)20-16(3)21(17(4)24(20)5)29(27,28)25-13-9-10-15(2)14-25/h7-8,11-12,15H,6,9-10,13-14H2,1-5H3,(H,23,26). The average Bonchev–Trinajstić information content (AvgIpc) is 2.91. The van der Waals surface area contributed by atoms with Crippen LogP contribution in [0.3, 0.4) is 0 Å². The van der Waals surface area contributed by atoms with Crippen molar-refractivity contribution < 1.29 is 13.2 Å². The molecular weight excluding hydrogens is 386 g/mol. The van der Waals surface area contributed by atoms with Crippen molar-refractivity contribution in [3.8, 4) is 0 Å². The van der Waals surface area contributed by atoms with E-state index in [1.807, 2.05) is 31.2 Å². The van der Waals surface area contributed by atoms with Crippen molar-refractivity contribution in [1.29, 1.82) is 0 Å². The van der Waals surface area contributed by atoms with Crippen molar-refractivity contribution in [3.63, 3.8) is 0 Å². The Hall–Kier alpha value is -2.12. The maximum Gasteiger partial charge on any atom is 0.272 e. The van der Waals surface area contributed by atoms with E-state index in [-0.39, 0.29) is 10.8 Å². The van der Waals surface area contributed by atoms with Gasteiger partial charge in [-0.1, -0.05) is 32.0 Å². The fourth-order valence-corrected chi connectivity index (χ4v) is 6.35. The molecule has 2 aromatic rings. The smallest absolute Gasteiger partial charge is 0.272 e. The van der Waals surface area contributed by atoms with E-state index in [0.717, 1.165) is 30.5 Å². The molecule has 1 saturated heterocycles. The maximum atomic E-state index is 13.4. The van der Waals surface area contributed by atoms with Gasteiger partial charge in [-0.25, -0.2) is 8.42 Å². The number of carbonyl (C=O) groups is 1. The average molecular weight is 418 g/mol. The molecule has 6 nitrogen and oxygen atoms in total. The van der Waals surface area contributed by atoms with E-state index < -0.39 is 10.0 Å². The number of para-hydroxylation sites is 1. The molecule has 1 aromatic heterocycles. The number of nitrogens with zero attached hydrogens (tertiary/aromatic N) is 2. The Kier molecular flexibility index (Phi) is 6.19. The van der Waals surface area contributed by atoms with Gasteiger partial charge in [-0.05, 0) is 50.7 Å². The molecule has 0 spiro atoms. The van der Waals surface area contributed by atoms with Crippen LogP contribution in [0.25, 0.3) is 0 Å². The summed E-state index contributed by atoms with van der Waals surface area (Å²) in [4.78, 5) is 13.4. The summed E-state index contributed by atoms with van der Waals surface area (Å²) in [5.41, 5.74) is 3.29. The summed E-state index contributed by atoms with van der Waals surface area (Å²) in [5.74, 6) is 0.0543. The Morgan fingerprint density at radius 2 is 1.93 bits per heavy atom. The van der Waals surface area contributed by atoms with Gasteiger partial charge in [0.05, 0.1) is 0 Å². The maximum absolute atomic E-state index is 13.4. The molecule has 0 bridgehead atoms. The van der Waals surface area contributed by atoms with E-state index in [2.05, 4.69) is 12.2 Å². The van der Waals surface area contributed by atoms with E-state index in [4.69, 9.17) is 0 Å². The number of sulfonamides is 1. The molecule has 3 rings (SSSR count). The Bertz CT molecular complexity index is 1020. The number of nitrogens with one attached hydrogen (secondary N) is 1. The highest BCUT2D eigenvalue weighted by molar-refractivity contribution is 7.89. The second-order valence-corrected chi connectivity index (χ2v) is 9.90. The number of aromatic nitrogens is 1. The molecule has 1 unspecified atom stereocenters. The highest BCUT2D eigenvalue weighted by Gasteiger charge is 2.35. The molecular formula is C22H31N3O3S. The van der Waals surface area contributed by atoms with Gasteiger partial charge in [0, 0.05) is 37.1 Å². The van der Waals surface area contributed by atoms with Crippen molar-refractivity contribution in [3.05, 3.63) is 46.8 Å². The Balaban J connectivity index is 1.99. The zero-order valence-electron chi connectivity index (χ0n) is 17.9. The third-order valence-electron chi connectivity index (χ3n) is 5.94. The zero-order valence-corrected chi connectivity index (χ0v) is 18.8. The quantitative estimate of drug-likeness (QED) is 0.803. The normalized spacial score (nSPS) is 18.0. The number of amides is 1. The van der Waals surface area contributed by atoms with Crippen LogP contribution in [0.15, 0.2) is 29.2 Å². The number of aryl methyl sites for hydroxylation is 1. The van der Waals surface area contributed by atoms with Crippen molar-refractivity contribution >= 4 is 21.6 Å². The third-order valence-corrected chi connectivity index (χ3v) is 8.07. The second kappa shape index (κ2) is 8.32. The number of rotatable bonds is 5. The fourth-order valence-electron chi connectivity index (χ4n) is 4.28. The van der Waals surface area contributed by atoms with Crippen LogP contribution in [-0.2, 0) is 23.5 Å². The van der Waals surface area contributed by atoms with Gasteiger partial charge in [0.1, 0.15) is 10.6 Å². The van der Waals surface area contributed by atoms with Crippen molar-refractivity contribution in [1.82, 2.24) is 8.87 Å². The third kappa shape index (κ3) is 3.98. The largest absolute Gasteiger partial charge is 0.342 e. The van der Waals surface area contributed by atoms with E-state index in [1.54, 1.807) is 29.8 Å². The fraction of sp³-hybridized carbons (Fsp3) is 0.500. The summed E-state index contributed by atoms with van der Waals surface area (Å²) in [6, 6.07) is 7.67. The van der Waals surface area contributed by atoms with E-state index >= 15 is 0 Å². The van der Waals surface area contributed by atoms with Gasteiger partial charge in [-0.2, -0.15) is 4.31 Å². The van der Waals surface area contributed by atoms with Gasteiger partial charge in [-0.3, -0.25) is 4.79 Å². The number of carbonyl (C=O) groups excluding carboxylic acids is 1. The molecule has 158 valence electrons. The second-order valence-electron chi connectivity index (χ2n) is 8.02. The summed E-state index contributed by atoms with van der Waals surface area (Å²) >= 11 is 0. The predicted octanol–water partition coefficient (Wildman–Crippen LogP) is 3.88. The highest BCUT2D eigenvalue weighted by Crippen LogP contribution is 2.31. The molecule has 1 amide bonds. The van der Waals surface area contributed by atoms with Crippen LogP contribution in [0.2, 0.25) is 0 Å². The topological polar surface area (TPSA) is 71.4 Å². The summed E-state index contributed by atoms with van der Waals surface area (Å²) in [6.07, 6.45) is 2.71. The molecule has 2 heterocycles. The number of anilines is 1. The molecule has 0 saturated carbocycles. The Morgan fingerprint density at radius 3 is 2.59 bits per heavy atom. The lowest BCUT2D eigenvalue weighted by Crippen LogP contribution is -2.39. The lowest BCUT2D eigenvalue weighted by molar-refractivity contribution is 0.101. The molecule has 1 aromatic carbocycles. The van der Waals surface area contributed by atoms with Crippen molar-refractivity contribution in [2.45, 2.75) is 51.9 Å². The van der Waals surface area contributed by atoms with Crippen LogP contribution >= 0.6 is 0 Å². The predicted molar refractivity (Wildman–Crippen MR) is 116 cm³/mol. The number of hydrogen-bond donors (Lipinski definition) is 1. The van der Waals surface area contributed by atoms with Gasteiger partial charge in [-0.15, -0.1) is 0 Å². The lowest BCUT2D eigenvalue weighted by Gasteiger charge is -2.30. The molecule has 7 heteroatoms. The van der Waals surface area contributed by atoms with Crippen LogP contribution in [0, 0.1) is 19.8 Å². The van der Waals surface area contributed by atoms with Crippen LogP contribution < -0.4 is 5.32 Å². The SMILES string of the molecule is CCc1ccccc1NC(=O)c1c(C)c(S(=O)(=O)N2CCCC(C)C2)c(C)n1C. The van der Waals surface area contributed by atoms with E-state index in [1.165, 1.54) is 0 Å². The minimum atomic E-state index is -3.64. The minimum Gasteiger partial charge on any atom is -0.342 e. The molecule has 29 heavy (non-hydrogen) atoms. The van der Waals surface area contributed by atoms with E-state index in [9.17, 15) is 13.2 Å². The molecule has 0 aliphatic carbocycles. The van der Waals surface area contributed by atoms with Crippen LogP contribution in [0.1, 0.15) is 54.0 Å². The number of benzene rings is 1. The van der Waals surface area contributed by atoms with Crippen molar-refractivity contribution in [2.75, 3.05) is 18.4 Å². The van der Waals surface area contributed by atoms with Crippen LogP contribution in [0.5, 0.6) is 0 Å². The summed E-state index contributed by atoms with van der Waals surface area (Å²) in [5, 5.41) is 2.97. The Labute approximate surface area is 174 Å². The lowest BCUT2D eigenvalue weighted by atomic mass is 10.0. The highest BCUT2D eigenvalue weighted by atomic mass is 32.2. The molecule has 0 radical (unpaired) electrons. The summed E-state index contributed by atoms with van der Waals surface area (Å²) in [6.45, 7) is 8.68. The van der Waals surface area contributed by atoms with Gasteiger partial charge in [0.2, 0.25) is 10.0 Å². The monoisotopic (exact) mass is 417 g/mol. The van der Waals surface area contributed by atoms with Gasteiger partial charge < -0.3 is 9.88 Å². The van der Waals surface area contributed by atoms with Crippen LogP contribution in [-0.4, -0.2) is 36.3 Å². The van der Waals surface area contributed by atoms with Gasteiger partial charge in [0.15, 0.2) is 0 Å². The molecule has 1 N–H and O–H groups in total. The minimum absolute atomic E-state index is 0.267. The number of hydrogen-bond acceptors (Lipinski definition) is 3. The molecule has 1 fully saturated rings. The van der Waals surface area contributed by atoms with Gasteiger partial charge in [0.25, 0.3) is 5.91 Å². The summed E-state index contributed by atoms with van der Waals surface area (Å²) in [7, 11) is -1.89. The molecule has 1 atom stereocenters. The number of piperidine rings is 1. The Morgan fingerprint density at radius 1 is 1.24 bits per heavy atom. The van der Waals surface area contributed by atoms with Crippen molar-refractivity contribution in [2.24, 2.45) is 13.0 Å². The molecule has 1 aliphatic heterocycles. The first kappa shape index (κ1) is 21.6. The first-order chi connectivity index (χ1) is 13.7. The summed E-state index contributed by atoms with van der Waals surface area (Å²) < 4.78 is 30.1. The molecule has 1 aliphatic rings. The first-order valence-corrected chi connectivity index (χ1v) is 11.7. The van der Waals surface area contributed by atoms with Gasteiger partial charge >= 0.3 is 0 Å².